The molecule has 0 spiro atoms. The highest BCUT2D eigenvalue weighted by Crippen LogP contribution is 2.22. The van der Waals surface area contributed by atoms with E-state index in [4.69, 9.17) is 5.11 Å². The van der Waals surface area contributed by atoms with Gasteiger partial charge in [-0.15, -0.1) is 0 Å². The number of aromatic carboxylic acids is 1. The number of hydrogen-bond donors (Lipinski definition) is 2. The van der Waals surface area contributed by atoms with Gasteiger partial charge in [0.25, 0.3) is 0 Å². The van der Waals surface area contributed by atoms with Crippen LogP contribution in [0.5, 0.6) is 0 Å². The maximum Gasteiger partial charge on any atom is 0.335 e. The Hall–Kier alpha value is -1.39. The van der Waals surface area contributed by atoms with Crippen LogP contribution in [0.3, 0.4) is 0 Å². The fourth-order valence-electron chi connectivity index (χ4n) is 2.25. The molecule has 0 amide bonds. The summed E-state index contributed by atoms with van der Waals surface area (Å²) in [5.74, 6) is -0.890. The highest BCUT2D eigenvalue weighted by molar-refractivity contribution is 5.87. The minimum absolute atomic E-state index is 0.330. The van der Waals surface area contributed by atoms with Crippen molar-refractivity contribution in [3.8, 4) is 0 Å². The molecule has 98 valence electrons. The summed E-state index contributed by atoms with van der Waals surface area (Å²) in [6, 6.07) is 7.04. The van der Waals surface area contributed by atoms with E-state index in [1.165, 1.54) is 0 Å². The lowest BCUT2D eigenvalue weighted by molar-refractivity contribution is -0.00730. The Morgan fingerprint density at radius 2 is 2.06 bits per heavy atom. The zero-order chi connectivity index (χ0) is 13.2. The van der Waals surface area contributed by atoms with E-state index in [9.17, 15) is 9.90 Å². The highest BCUT2D eigenvalue weighted by Gasteiger charge is 2.27. The molecule has 18 heavy (non-hydrogen) atoms. The molecule has 0 aliphatic carbocycles. The number of carboxylic acid groups (broad SMARTS) is 1. The fraction of sp³-hybridized carbons (Fsp3) is 0.500. The monoisotopic (exact) mass is 249 g/mol. The van der Waals surface area contributed by atoms with Crippen LogP contribution in [0.2, 0.25) is 0 Å². The summed E-state index contributed by atoms with van der Waals surface area (Å²) in [7, 11) is 0. The zero-order valence-electron chi connectivity index (χ0n) is 10.6. The van der Waals surface area contributed by atoms with E-state index < -0.39 is 11.6 Å². The van der Waals surface area contributed by atoms with Crippen LogP contribution in [0.4, 0.5) is 0 Å². The Morgan fingerprint density at radius 3 is 2.67 bits per heavy atom. The van der Waals surface area contributed by atoms with Crippen molar-refractivity contribution in [2.24, 2.45) is 0 Å². The first-order valence-electron chi connectivity index (χ1n) is 6.23. The average molecular weight is 249 g/mol. The predicted molar refractivity (Wildman–Crippen MR) is 68.5 cm³/mol. The number of aliphatic hydroxyl groups is 1. The number of hydrogen-bond acceptors (Lipinski definition) is 3. The standard InChI is InChI=1S/C14H19NO3/c1-14(18)5-7-15(8-6-14)10-11-3-2-4-12(9-11)13(16)17/h2-4,9,18H,5-8,10H2,1H3,(H,16,17). The van der Waals surface area contributed by atoms with E-state index in [0.29, 0.717) is 5.56 Å². The van der Waals surface area contributed by atoms with Gasteiger partial charge in [0.1, 0.15) is 0 Å². The van der Waals surface area contributed by atoms with Crippen LogP contribution in [0.1, 0.15) is 35.7 Å². The Morgan fingerprint density at radius 1 is 1.39 bits per heavy atom. The summed E-state index contributed by atoms with van der Waals surface area (Å²) >= 11 is 0. The Kier molecular flexibility index (Phi) is 3.68. The predicted octanol–water partition coefficient (Wildman–Crippen LogP) is 1.73. The second-order valence-electron chi connectivity index (χ2n) is 5.28. The number of piperidine rings is 1. The molecule has 1 heterocycles. The van der Waals surface area contributed by atoms with Crippen LogP contribution in [-0.4, -0.2) is 39.8 Å². The Labute approximate surface area is 107 Å². The molecule has 1 saturated heterocycles. The van der Waals surface area contributed by atoms with E-state index in [1.807, 2.05) is 13.0 Å². The summed E-state index contributed by atoms with van der Waals surface area (Å²) in [4.78, 5) is 13.1. The van der Waals surface area contributed by atoms with Crippen molar-refractivity contribution < 1.29 is 15.0 Å². The van der Waals surface area contributed by atoms with Crippen LogP contribution < -0.4 is 0 Å². The van der Waals surface area contributed by atoms with Crippen molar-refractivity contribution in [3.05, 3.63) is 35.4 Å². The van der Waals surface area contributed by atoms with Crippen LogP contribution in [0.25, 0.3) is 0 Å². The van der Waals surface area contributed by atoms with Crippen LogP contribution >= 0.6 is 0 Å². The van der Waals surface area contributed by atoms with Gasteiger partial charge in [0.15, 0.2) is 0 Å². The molecule has 1 aromatic rings. The second kappa shape index (κ2) is 5.08. The van der Waals surface area contributed by atoms with Crippen molar-refractivity contribution >= 4 is 5.97 Å². The molecule has 0 saturated carbocycles. The number of carbonyl (C=O) groups is 1. The van der Waals surface area contributed by atoms with Gasteiger partial charge >= 0.3 is 5.97 Å². The van der Waals surface area contributed by atoms with Gasteiger partial charge < -0.3 is 10.2 Å². The molecule has 0 radical (unpaired) electrons. The molecule has 4 heteroatoms. The molecule has 1 aliphatic rings. The molecule has 4 nitrogen and oxygen atoms in total. The molecule has 0 aromatic heterocycles. The topological polar surface area (TPSA) is 60.8 Å². The summed E-state index contributed by atoms with van der Waals surface area (Å²) in [5.41, 5.74) is 0.798. The highest BCUT2D eigenvalue weighted by atomic mass is 16.4. The maximum atomic E-state index is 10.9. The largest absolute Gasteiger partial charge is 0.478 e. The quantitative estimate of drug-likeness (QED) is 0.856. The van der Waals surface area contributed by atoms with E-state index in [1.54, 1.807) is 18.2 Å². The second-order valence-corrected chi connectivity index (χ2v) is 5.28. The van der Waals surface area contributed by atoms with Crippen LogP contribution in [0, 0.1) is 0 Å². The zero-order valence-corrected chi connectivity index (χ0v) is 10.6. The van der Waals surface area contributed by atoms with Gasteiger partial charge in [0, 0.05) is 19.6 Å². The van der Waals surface area contributed by atoms with Crippen LogP contribution in [0.15, 0.2) is 24.3 Å². The summed E-state index contributed by atoms with van der Waals surface area (Å²) in [6.45, 7) is 4.32. The Balaban J connectivity index is 1.98. The normalized spacial score (nSPS) is 19.7. The smallest absolute Gasteiger partial charge is 0.335 e. The maximum absolute atomic E-state index is 10.9. The van der Waals surface area contributed by atoms with Crippen molar-refractivity contribution in [3.63, 3.8) is 0 Å². The first-order chi connectivity index (χ1) is 8.46. The fourth-order valence-corrected chi connectivity index (χ4v) is 2.25. The molecular formula is C14H19NO3. The van der Waals surface area contributed by atoms with E-state index >= 15 is 0 Å². The van der Waals surface area contributed by atoms with Crippen molar-refractivity contribution in [1.29, 1.82) is 0 Å². The minimum Gasteiger partial charge on any atom is -0.478 e. The molecule has 0 unspecified atom stereocenters. The lowest BCUT2D eigenvalue weighted by atomic mass is 9.93. The van der Waals surface area contributed by atoms with Gasteiger partial charge in [-0.3, -0.25) is 4.90 Å². The van der Waals surface area contributed by atoms with E-state index in [-0.39, 0.29) is 0 Å². The minimum atomic E-state index is -0.890. The molecule has 0 atom stereocenters. The molecular weight excluding hydrogens is 230 g/mol. The third-order valence-electron chi connectivity index (χ3n) is 3.51. The first kappa shape index (κ1) is 13.1. The van der Waals surface area contributed by atoms with Gasteiger partial charge in [0.2, 0.25) is 0 Å². The lowest BCUT2D eigenvalue weighted by Gasteiger charge is -2.35. The molecule has 1 aromatic carbocycles. The van der Waals surface area contributed by atoms with Gasteiger partial charge in [0.05, 0.1) is 11.2 Å². The lowest BCUT2D eigenvalue weighted by Crippen LogP contribution is -2.41. The van der Waals surface area contributed by atoms with Gasteiger partial charge in [-0.2, -0.15) is 0 Å². The summed E-state index contributed by atoms with van der Waals surface area (Å²) in [5, 5.41) is 18.8. The summed E-state index contributed by atoms with van der Waals surface area (Å²) in [6.07, 6.45) is 1.54. The van der Waals surface area contributed by atoms with E-state index in [2.05, 4.69) is 4.90 Å². The molecule has 2 rings (SSSR count). The molecule has 1 fully saturated rings. The SMILES string of the molecule is CC1(O)CCN(Cc2cccc(C(=O)O)c2)CC1. The molecule has 2 N–H and O–H groups in total. The number of rotatable bonds is 3. The average Bonchev–Trinajstić information content (AvgIpc) is 2.32. The molecule has 0 bridgehead atoms. The molecule has 1 aliphatic heterocycles. The number of nitrogens with zero attached hydrogens (tertiary/aromatic N) is 1. The Bertz CT molecular complexity index is 432. The summed E-state index contributed by atoms with van der Waals surface area (Å²) < 4.78 is 0. The van der Waals surface area contributed by atoms with Crippen molar-refractivity contribution in [1.82, 2.24) is 4.90 Å². The van der Waals surface area contributed by atoms with E-state index in [0.717, 1.165) is 38.0 Å². The number of carboxylic acids is 1. The van der Waals surface area contributed by atoms with Gasteiger partial charge in [-0.25, -0.2) is 4.79 Å². The third kappa shape index (κ3) is 3.31. The first-order valence-corrected chi connectivity index (χ1v) is 6.23. The van der Waals surface area contributed by atoms with Crippen molar-refractivity contribution in [2.75, 3.05) is 13.1 Å². The van der Waals surface area contributed by atoms with Crippen LogP contribution in [-0.2, 0) is 6.54 Å². The van der Waals surface area contributed by atoms with Gasteiger partial charge in [-0.05, 0) is 37.5 Å². The van der Waals surface area contributed by atoms with Gasteiger partial charge in [-0.1, -0.05) is 12.1 Å². The van der Waals surface area contributed by atoms with Crippen molar-refractivity contribution in [2.45, 2.75) is 31.9 Å². The number of likely N-dealkylation sites (tertiary alicyclic amines) is 1. The third-order valence-corrected chi connectivity index (χ3v) is 3.51. The number of benzene rings is 1.